The summed E-state index contributed by atoms with van der Waals surface area (Å²) in [5, 5.41) is 1.70. The molecule has 0 aliphatic heterocycles. The lowest BCUT2D eigenvalue weighted by molar-refractivity contribution is -0.128. The molecule has 0 saturated carbocycles. The van der Waals surface area contributed by atoms with Crippen LogP contribution in [0.3, 0.4) is 0 Å². The zero-order valence-electron chi connectivity index (χ0n) is 9.14. The summed E-state index contributed by atoms with van der Waals surface area (Å²) >= 11 is 0. The van der Waals surface area contributed by atoms with E-state index in [-0.39, 0.29) is 0 Å². The molecule has 0 heterocycles. The fourth-order valence-corrected chi connectivity index (χ4v) is 1.58. The lowest BCUT2D eigenvalue weighted by atomic mass is 10.1. The van der Waals surface area contributed by atoms with Crippen LogP contribution in [0.25, 0.3) is 10.8 Å². The minimum Gasteiger partial charge on any atom is -0.421 e. The second kappa shape index (κ2) is 4.17. The number of benzene rings is 2. The summed E-state index contributed by atoms with van der Waals surface area (Å²) < 4.78 is 5.02. The lowest BCUT2D eigenvalue weighted by Gasteiger charge is -2.09. The quantitative estimate of drug-likeness (QED) is 0.357. The molecule has 4 N–H and O–H groups in total. The zero-order chi connectivity index (χ0) is 12.4. The third kappa shape index (κ3) is 2.06. The second-order valence-electron chi connectivity index (χ2n) is 3.58. The molecule has 2 aromatic rings. The topological polar surface area (TPSA) is 78.3 Å². The predicted molar refractivity (Wildman–Crippen MR) is 68.6 cm³/mol. The van der Waals surface area contributed by atoms with Crippen molar-refractivity contribution < 1.29 is 9.53 Å². The number of esters is 1. The number of anilines is 2. The van der Waals surface area contributed by atoms with Crippen LogP contribution in [0.4, 0.5) is 11.4 Å². The Bertz CT molecular complexity index is 606. The fourth-order valence-electron chi connectivity index (χ4n) is 1.58. The van der Waals surface area contributed by atoms with Crippen LogP contribution in [0, 0.1) is 0 Å². The highest BCUT2D eigenvalue weighted by Crippen LogP contribution is 2.31. The summed E-state index contributed by atoms with van der Waals surface area (Å²) in [4.78, 5) is 11.1. The average molecular weight is 228 g/mol. The van der Waals surface area contributed by atoms with Gasteiger partial charge in [0.15, 0.2) is 5.75 Å². The molecule has 0 unspecified atom stereocenters. The van der Waals surface area contributed by atoms with E-state index in [0.29, 0.717) is 17.1 Å². The Kier molecular flexibility index (Phi) is 2.70. The Morgan fingerprint density at radius 2 is 1.94 bits per heavy atom. The van der Waals surface area contributed by atoms with E-state index in [1.54, 1.807) is 18.2 Å². The standard InChI is InChI=1S/C13H12N2O2/c1-2-12(16)17-11-6-4-8-3-5-9(14)7-10(8)13(11)15/h2-7H,1,14-15H2. The number of carbonyl (C=O) groups excluding carboxylic acids is 1. The summed E-state index contributed by atoms with van der Waals surface area (Å²) in [6.07, 6.45) is 1.09. The van der Waals surface area contributed by atoms with Crippen molar-refractivity contribution in [3.05, 3.63) is 43.0 Å². The van der Waals surface area contributed by atoms with Crippen LogP contribution in [-0.4, -0.2) is 5.97 Å². The second-order valence-corrected chi connectivity index (χ2v) is 3.58. The van der Waals surface area contributed by atoms with Gasteiger partial charge in [0.1, 0.15) is 0 Å². The number of fused-ring (bicyclic) bond motifs is 1. The fraction of sp³-hybridized carbons (Fsp3) is 0. The van der Waals surface area contributed by atoms with E-state index in [1.807, 2.05) is 12.1 Å². The van der Waals surface area contributed by atoms with Gasteiger partial charge in [-0.15, -0.1) is 0 Å². The minimum absolute atomic E-state index is 0.313. The smallest absolute Gasteiger partial charge is 0.335 e. The van der Waals surface area contributed by atoms with E-state index >= 15 is 0 Å². The molecule has 2 rings (SSSR count). The van der Waals surface area contributed by atoms with Crippen LogP contribution in [0.5, 0.6) is 5.75 Å². The van der Waals surface area contributed by atoms with Crippen molar-refractivity contribution in [1.29, 1.82) is 0 Å². The number of rotatable bonds is 2. The van der Waals surface area contributed by atoms with Gasteiger partial charge in [-0.05, 0) is 23.6 Å². The first kappa shape index (κ1) is 11.0. The molecule has 4 heteroatoms. The Morgan fingerprint density at radius 3 is 2.65 bits per heavy atom. The van der Waals surface area contributed by atoms with Gasteiger partial charge in [-0.2, -0.15) is 0 Å². The van der Waals surface area contributed by atoms with Crippen LogP contribution in [0.15, 0.2) is 43.0 Å². The molecule has 0 aliphatic rings. The molecule has 0 bridgehead atoms. The van der Waals surface area contributed by atoms with Gasteiger partial charge < -0.3 is 16.2 Å². The van der Waals surface area contributed by atoms with E-state index in [9.17, 15) is 4.79 Å². The molecule has 0 aromatic heterocycles. The number of hydrogen-bond acceptors (Lipinski definition) is 4. The van der Waals surface area contributed by atoms with Crippen molar-refractivity contribution in [1.82, 2.24) is 0 Å². The van der Waals surface area contributed by atoms with E-state index in [1.165, 1.54) is 0 Å². The maximum atomic E-state index is 11.1. The van der Waals surface area contributed by atoms with Gasteiger partial charge >= 0.3 is 5.97 Å². The Balaban J connectivity index is 2.56. The largest absolute Gasteiger partial charge is 0.421 e. The van der Waals surface area contributed by atoms with Gasteiger partial charge in [0, 0.05) is 17.1 Å². The SMILES string of the molecule is C=CC(=O)Oc1ccc2ccc(N)cc2c1N. The molecule has 0 aliphatic carbocycles. The van der Waals surface area contributed by atoms with Crippen molar-refractivity contribution in [3.63, 3.8) is 0 Å². The zero-order valence-corrected chi connectivity index (χ0v) is 9.14. The summed E-state index contributed by atoms with van der Waals surface area (Å²) in [7, 11) is 0. The number of hydrogen-bond donors (Lipinski definition) is 2. The van der Waals surface area contributed by atoms with Crippen molar-refractivity contribution in [2.45, 2.75) is 0 Å². The lowest BCUT2D eigenvalue weighted by Crippen LogP contribution is -2.05. The summed E-state index contributed by atoms with van der Waals surface area (Å²) in [5.74, 6) is -0.229. The van der Waals surface area contributed by atoms with Crippen molar-refractivity contribution in [3.8, 4) is 5.75 Å². The first-order valence-corrected chi connectivity index (χ1v) is 5.04. The van der Waals surface area contributed by atoms with Crippen molar-refractivity contribution >= 4 is 28.1 Å². The highest BCUT2D eigenvalue weighted by Gasteiger charge is 2.08. The number of nitrogen functional groups attached to an aromatic ring is 2. The monoisotopic (exact) mass is 228 g/mol. The van der Waals surface area contributed by atoms with Crippen molar-refractivity contribution in [2.24, 2.45) is 0 Å². The van der Waals surface area contributed by atoms with Gasteiger partial charge in [0.2, 0.25) is 0 Å². The number of nitrogens with two attached hydrogens (primary N) is 2. The Hall–Kier alpha value is -2.49. The third-order valence-corrected chi connectivity index (χ3v) is 2.42. The predicted octanol–water partition coefficient (Wildman–Crippen LogP) is 2.10. The van der Waals surface area contributed by atoms with Crippen molar-refractivity contribution in [2.75, 3.05) is 11.5 Å². The molecule has 4 nitrogen and oxygen atoms in total. The summed E-state index contributed by atoms with van der Waals surface area (Å²) in [6, 6.07) is 8.86. The van der Waals surface area contributed by atoms with Gasteiger partial charge in [0.05, 0.1) is 5.69 Å². The van der Waals surface area contributed by atoms with Gasteiger partial charge in [-0.3, -0.25) is 0 Å². The molecule has 0 fully saturated rings. The van der Waals surface area contributed by atoms with E-state index < -0.39 is 5.97 Å². The van der Waals surface area contributed by atoms with Crippen LogP contribution in [-0.2, 0) is 4.79 Å². The molecule has 0 amide bonds. The maximum absolute atomic E-state index is 11.1. The first-order chi connectivity index (χ1) is 8.11. The average Bonchev–Trinajstić information content (AvgIpc) is 2.33. The van der Waals surface area contributed by atoms with E-state index in [4.69, 9.17) is 16.2 Å². The van der Waals surface area contributed by atoms with Gasteiger partial charge in [0.25, 0.3) is 0 Å². The van der Waals surface area contributed by atoms with E-state index in [2.05, 4.69) is 6.58 Å². The molecule has 17 heavy (non-hydrogen) atoms. The third-order valence-electron chi connectivity index (χ3n) is 2.42. The first-order valence-electron chi connectivity index (χ1n) is 5.04. The molecule has 0 radical (unpaired) electrons. The Labute approximate surface area is 98.5 Å². The minimum atomic E-state index is -0.542. The molecule has 0 atom stereocenters. The molecule has 86 valence electrons. The summed E-state index contributed by atoms with van der Waals surface area (Å²) in [6.45, 7) is 3.33. The molecular formula is C13H12N2O2. The Morgan fingerprint density at radius 1 is 1.24 bits per heavy atom. The van der Waals surface area contributed by atoms with Crippen LogP contribution in [0.2, 0.25) is 0 Å². The van der Waals surface area contributed by atoms with Crippen LogP contribution in [0.1, 0.15) is 0 Å². The summed E-state index contributed by atoms with van der Waals surface area (Å²) in [5.41, 5.74) is 12.6. The van der Waals surface area contributed by atoms with Gasteiger partial charge in [-0.1, -0.05) is 18.7 Å². The number of ether oxygens (including phenoxy) is 1. The molecule has 0 saturated heterocycles. The molecule has 0 spiro atoms. The maximum Gasteiger partial charge on any atom is 0.335 e. The van der Waals surface area contributed by atoms with Crippen LogP contribution < -0.4 is 16.2 Å². The number of carbonyl (C=O) groups is 1. The van der Waals surface area contributed by atoms with Gasteiger partial charge in [-0.25, -0.2) is 4.79 Å². The van der Waals surface area contributed by atoms with Crippen LogP contribution >= 0.6 is 0 Å². The highest BCUT2D eigenvalue weighted by atomic mass is 16.5. The molecule has 2 aromatic carbocycles. The normalized spacial score (nSPS) is 10.1. The van der Waals surface area contributed by atoms with E-state index in [0.717, 1.165) is 16.8 Å². The highest BCUT2D eigenvalue weighted by molar-refractivity contribution is 5.98. The molecular weight excluding hydrogens is 216 g/mol.